The van der Waals surface area contributed by atoms with Gasteiger partial charge in [0.25, 0.3) is 11.8 Å². The van der Waals surface area contributed by atoms with Crippen LogP contribution in [0.25, 0.3) is 6.08 Å². The van der Waals surface area contributed by atoms with Crippen molar-refractivity contribution in [1.29, 1.82) is 0 Å². The fourth-order valence-corrected chi connectivity index (χ4v) is 5.13. The summed E-state index contributed by atoms with van der Waals surface area (Å²) in [6.07, 6.45) is 1.80. The number of rotatable bonds is 9. The molecule has 1 aliphatic heterocycles. The Bertz CT molecular complexity index is 1280. The molecule has 1 saturated heterocycles. The number of thioether (sulfide) groups is 1. The average molecular weight is 519 g/mol. The topological polar surface area (TPSA) is 67.9 Å². The maximum Gasteiger partial charge on any atom is 0.266 e. The Morgan fingerprint density at radius 2 is 1.72 bits per heavy atom. The van der Waals surface area contributed by atoms with Crippen LogP contribution in [-0.2, 0) is 9.59 Å². The van der Waals surface area contributed by atoms with Crippen molar-refractivity contribution in [2.45, 2.75) is 19.9 Å². The maximum absolute atomic E-state index is 13.2. The van der Waals surface area contributed by atoms with E-state index in [9.17, 15) is 9.59 Å². The van der Waals surface area contributed by atoms with Gasteiger partial charge < -0.3 is 14.8 Å². The molecule has 2 amide bonds. The zero-order valence-electron chi connectivity index (χ0n) is 20.0. The lowest BCUT2D eigenvalue weighted by molar-refractivity contribution is -0.123. The number of carbonyl (C=O) groups is 2. The summed E-state index contributed by atoms with van der Waals surface area (Å²) < 4.78 is 12.0. The monoisotopic (exact) mass is 518 g/mol. The molecule has 1 fully saturated rings. The third-order valence-electron chi connectivity index (χ3n) is 5.47. The number of thiocarbonyl (C=S) groups is 1. The van der Waals surface area contributed by atoms with Crippen LogP contribution >= 0.6 is 24.0 Å². The third-order valence-corrected chi connectivity index (χ3v) is 6.80. The van der Waals surface area contributed by atoms with Crippen molar-refractivity contribution in [3.8, 4) is 11.5 Å². The number of nitrogens with zero attached hydrogens (tertiary/aromatic N) is 1. The first-order chi connectivity index (χ1) is 17.5. The summed E-state index contributed by atoms with van der Waals surface area (Å²) in [5, 5.41) is 2.79. The molecular formula is C28H26N2O4S2. The lowest BCUT2D eigenvalue weighted by Crippen LogP contribution is -2.30. The van der Waals surface area contributed by atoms with Gasteiger partial charge in [0.15, 0.2) is 18.1 Å². The molecule has 6 nitrogen and oxygen atoms in total. The Kier molecular flexibility index (Phi) is 8.40. The molecule has 3 aromatic carbocycles. The number of ether oxygens (including phenoxy) is 2. The molecule has 0 saturated carbocycles. The van der Waals surface area contributed by atoms with Gasteiger partial charge >= 0.3 is 0 Å². The molecule has 0 bridgehead atoms. The number of amides is 2. The summed E-state index contributed by atoms with van der Waals surface area (Å²) in [6, 6.07) is 24.2. The van der Waals surface area contributed by atoms with Crippen LogP contribution in [0.3, 0.4) is 0 Å². The first kappa shape index (κ1) is 25.5. The Labute approximate surface area is 220 Å². The van der Waals surface area contributed by atoms with Crippen molar-refractivity contribution in [2.24, 2.45) is 0 Å². The molecule has 184 valence electrons. The second kappa shape index (κ2) is 11.9. The first-order valence-electron chi connectivity index (χ1n) is 11.5. The van der Waals surface area contributed by atoms with Crippen LogP contribution in [0.15, 0.2) is 83.8 Å². The number of hydrogen-bond donors (Lipinski definition) is 1. The van der Waals surface area contributed by atoms with E-state index in [1.165, 1.54) is 11.8 Å². The van der Waals surface area contributed by atoms with Crippen molar-refractivity contribution < 1.29 is 19.1 Å². The van der Waals surface area contributed by atoms with Gasteiger partial charge in [0.05, 0.1) is 17.6 Å². The summed E-state index contributed by atoms with van der Waals surface area (Å²) in [5.74, 6) is 0.538. The Morgan fingerprint density at radius 3 is 2.42 bits per heavy atom. The zero-order valence-corrected chi connectivity index (χ0v) is 21.6. The summed E-state index contributed by atoms with van der Waals surface area (Å²) >= 11 is 6.81. The summed E-state index contributed by atoms with van der Waals surface area (Å²) in [7, 11) is 0. The van der Waals surface area contributed by atoms with Gasteiger partial charge in [0.1, 0.15) is 4.32 Å². The quantitative estimate of drug-likeness (QED) is 0.274. The molecule has 0 spiro atoms. The maximum atomic E-state index is 13.2. The normalized spacial score (nSPS) is 15.2. The standard InChI is InChI=1S/C28H26N2O4S2/c1-3-33-24-16-20(14-15-23(24)34-18-26(31)29-22-12-8-5-9-13-22)17-25-27(32)30(28(35)36-25)19(2)21-10-6-4-7-11-21/h4-17,19H,3,18H2,1-2H3,(H,29,31)/b25-17-/t19-/m1/s1. The summed E-state index contributed by atoms with van der Waals surface area (Å²) in [5.41, 5.74) is 2.49. The van der Waals surface area contributed by atoms with Crippen molar-refractivity contribution in [3.05, 3.63) is 94.9 Å². The Balaban J connectivity index is 1.47. The SMILES string of the molecule is CCOc1cc(/C=C2\SC(=S)N([C@H](C)c3ccccc3)C2=O)ccc1OCC(=O)Nc1ccccc1. The summed E-state index contributed by atoms with van der Waals surface area (Å²) in [6.45, 7) is 4.10. The molecule has 0 unspecified atom stereocenters. The van der Waals surface area contributed by atoms with Gasteiger partial charge in [-0.3, -0.25) is 14.5 Å². The van der Waals surface area contributed by atoms with Gasteiger partial charge in [-0.2, -0.15) is 0 Å². The number of benzene rings is 3. The molecule has 1 heterocycles. The smallest absolute Gasteiger partial charge is 0.266 e. The van der Waals surface area contributed by atoms with Gasteiger partial charge in [0.2, 0.25) is 0 Å². The minimum Gasteiger partial charge on any atom is -0.490 e. The van der Waals surface area contributed by atoms with E-state index in [-0.39, 0.29) is 24.5 Å². The fraction of sp³-hybridized carbons (Fsp3) is 0.179. The number of carbonyl (C=O) groups excluding carboxylic acids is 2. The second-order valence-corrected chi connectivity index (χ2v) is 9.66. The van der Waals surface area contributed by atoms with E-state index in [1.807, 2.05) is 80.6 Å². The minimum atomic E-state index is -0.274. The summed E-state index contributed by atoms with van der Waals surface area (Å²) in [4.78, 5) is 27.6. The van der Waals surface area contributed by atoms with E-state index in [0.29, 0.717) is 33.0 Å². The third kappa shape index (κ3) is 6.13. The first-order valence-corrected chi connectivity index (χ1v) is 12.7. The highest BCUT2D eigenvalue weighted by atomic mass is 32.2. The zero-order chi connectivity index (χ0) is 25.5. The van der Waals surface area contributed by atoms with E-state index in [2.05, 4.69) is 5.32 Å². The molecule has 0 aromatic heterocycles. The van der Waals surface area contributed by atoms with E-state index < -0.39 is 0 Å². The van der Waals surface area contributed by atoms with E-state index in [1.54, 1.807) is 23.1 Å². The molecule has 1 atom stereocenters. The van der Waals surface area contributed by atoms with Crippen LogP contribution in [0, 0.1) is 0 Å². The predicted octanol–water partition coefficient (Wildman–Crippen LogP) is 6.07. The Morgan fingerprint density at radius 1 is 1.03 bits per heavy atom. The lowest BCUT2D eigenvalue weighted by Gasteiger charge is -2.23. The highest BCUT2D eigenvalue weighted by Gasteiger charge is 2.35. The number of anilines is 1. The van der Waals surface area contributed by atoms with Crippen LogP contribution in [0.2, 0.25) is 0 Å². The molecule has 3 aromatic rings. The van der Waals surface area contributed by atoms with Crippen molar-refractivity contribution in [1.82, 2.24) is 4.90 Å². The van der Waals surface area contributed by atoms with Crippen LogP contribution in [0.5, 0.6) is 11.5 Å². The number of nitrogens with one attached hydrogen (secondary N) is 1. The average Bonchev–Trinajstić information content (AvgIpc) is 3.16. The lowest BCUT2D eigenvalue weighted by atomic mass is 10.1. The van der Waals surface area contributed by atoms with Gasteiger partial charge in [-0.1, -0.05) is 78.6 Å². The second-order valence-electron chi connectivity index (χ2n) is 7.98. The highest BCUT2D eigenvalue weighted by molar-refractivity contribution is 8.26. The van der Waals surface area contributed by atoms with Crippen LogP contribution in [0.4, 0.5) is 5.69 Å². The highest BCUT2D eigenvalue weighted by Crippen LogP contribution is 2.39. The van der Waals surface area contributed by atoms with Gasteiger partial charge in [0, 0.05) is 5.69 Å². The van der Waals surface area contributed by atoms with Gasteiger partial charge in [-0.05, 0) is 55.3 Å². The van der Waals surface area contributed by atoms with Crippen LogP contribution < -0.4 is 14.8 Å². The van der Waals surface area contributed by atoms with Crippen molar-refractivity contribution in [2.75, 3.05) is 18.5 Å². The van der Waals surface area contributed by atoms with Crippen molar-refractivity contribution in [3.63, 3.8) is 0 Å². The van der Waals surface area contributed by atoms with Crippen LogP contribution in [0.1, 0.15) is 31.0 Å². The molecule has 4 rings (SSSR count). The molecule has 36 heavy (non-hydrogen) atoms. The fourth-order valence-electron chi connectivity index (χ4n) is 3.71. The molecular weight excluding hydrogens is 492 g/mol. The number of para-hydroxylation sites is 1. The molecule has 1 aliphatic rings. The Hall–Kier alpha value is -3.62. The van der Waals surface area contributed by atoms with E-state index in [4.69, 9.17) is 21.7 Å². The molecule has 0 aliphatic carbocycles. The number of hydrogen-bond acceptors (Lipinski definition) is 6. The minimum absolute atomic E-state index is 0.128. The largest absolute Gasteiger partial charge is 0.490 e. The molecule has 0 radical (unpaired) electrons. The van der Waals surface area contributed by atoms with Crippen LogP contribution in [-0.4, -0.2) is 34.2 Å². The van der Waals surface area contributed by atoms with Gasteiger partial charge in [-0.25, -0.2) is 0 Å². The van der Waals surface area contributed by atoms with Crippen molar-refractivity contribution >= 4 is 51.9 Å². The van der Waals surface area contributed by atoms with E-state index >= 15 is 0 Å². The molecule has 8 heteroatoms. The van der Waals surface area contributed by atoms with Gasteiger partial charge in [-0.15, -0.1) is 0 Å². The molecule has 1 N–H and O–H groups in total. The predicted molar refractivity (Wildman–Crippen MR) is 148 cm³/mol. The van der Waals surface area contributed by atoms with E-state index in [0.717, 1.165) is 11.1 Å².